The van der Waals surface area contributed by atoms with E-state index in [4.69, 9.17) is 4.74 Å². The van der Waals surface area contributed by atoms with Gasteiger partial charge in [0.25, 0.3) is 0 Å². The number of nitrogens with zero attached hydrogens (tertiary/aromatic N) is 4. The molecule has 39 heavy (non-hydrogen) atoms. The van der Waals surface area contributed by atoms with E-state index in [9.17, 15) is 27.9 Å². The summed E-state index contributed by atoms with van der Waals surface area (Å²) < 4.78 is 46.5. The van der Waals surface area contributed by atoms with Gasteiger partial charge in [-0.25, -0.2) is 19.6 Å². The maximum Gasteiger partial charge on any atom is 0.416 e. The third kappa shape index (κ3) is 6.36. The molecule has 1 aliphatic rings. The third-order valence-electron chi connectivity index (χ3n) is 6.62. The lowest BCUT2D eigenvalue weighted by atomic mass is 9.72. The van der Waals surface area contributed by atoms with Crippen molar-refractivity contribution >= 4 is 23.7 Å². The molecule has 214 valence electrons. The van der Waals surface area contributed by atoms with Crippen LogP contribution in [0.2, 0.25) is 0 Å². The molecule has 2 N–H and O–H groups in total. The second kappa shape index (κ2) is 10.9. The number of nitrogens with one attached hydrogen (secondary N) is 1. The highest BCUT2D eigenvalue weighted by molar-refractivity contribution is 5.83. The number of aliphatic carboxylic acids is 1. The lowest BCUT2D eigenvalue weighted by molar-refractivity contribution is -0.144. The standard InChI is InChI=1S/C27H36F3N5O4/c1-14(2)39-25(38)35-21(17-10-9-11-31-23(17)34(7)8)20(19(26(4,5)6)22(35)24(36)37)33-18-13-16(27(28,29)30)12-15(3)32-18/h9-14,19-22H,1-8H3,(H,32,33)(H,36,37)/t19-,20-,21-,22-/m1/s1. The molecule has 9 nitrogen and oxygen atoms in total. The molecular weight excluding hydrogens is 515 g/mol. The molecule has 1 fully saturated rings. The minimum absolute atomic E-state index is 0.0786. The van der Waals surface area contributed by atoms with Gasteiger partial charge in [0.15, 0.2) is 0 Å². The molecular formula is C27H36F3N5O4. The number of ether oxygens (including phenoxy) is 1. The Morgan fingerprint density at radius 1 is 1.18 bits per heavy atom. The van der Waals surface area contributed by atoms with Crippen molar-refractivity contribution in [2.45, 2.75) is 71.9 Å². The zero-order chi connectivity index (χ0) is 29.4. The highest BCUT2D eigenvalue weighted by atomic mass is 19.4. The summed E-state index contributed by atoms with van der Waals surface area (Å²) in [6.07, 6.45) is -4.42. The normalized spacial score (nSPS) is 21.7. The van der Waals surface area contributed by atoms with E-state index in [0.29, 0.717) is 11.4 Å². The number of alkyl halides is 3. The second-order valence-electron chi connectivity index (χ2n) is 11.3. The molecule has 0 unspecified atom stereocenters. The van der Waals surface area contributed by atoms with E-state index >= 15 is 0 Å². The molecule has 0 aromatic carbocycles. The summed E-state index contributed by atoms with van der Waals surface area (Å²) in [7, 11) is 3.52. The van der Waals surface area contributed by atoms with Gasteiger partial charge in [-0.3, -0.25) is 4.90 Å². The minimum atomic E-state index is -4.61. The molecule has 4 atom stereocenters. The van der Waals surface area contributed by atoms with Gasteiger partial charge >= 0.3 is 18.2 Å². The molecule has 1 amide bonds. The largest absolute Gasteiger partial charge is 0.480 e. The SMILES string of the molecule is Cc1cc(C(F)(F)F)cc(N[C@@H]2[C@@H](C(C)(C)C)[C@H](C(=O)O)N(C(=O)OC(C)C)[C@@H]2c2cccnc2N(C)C)n1. The predicted octanol–water partition coefficient (Wildman–Crippen LogP) is 5.37. The Balaban J connectivity index is 2.32. The summed E-state index contributed by atoms with van der Waals surface area (Å²) in [5.41, 5.74) is -0.957. The van der Waals surface area contributed by atoms with Crippen molar-refractivity contribution in [3.05, 3.63) is 47.3 Å². The number of pyridine rings is 2. The number of hydrogen-bond donors (Lipinski definition) is 2. The fraction of sp³-hybridized carbons (Fsp3) is 0.556. The van der Waals surface area contributed by atoms with Crippen LogP contribution >= 0.6 is 0 Å². The third-order valence-corrected chi connectivity index (χ3v) is 6.62. The van der Waals surface area contributed by atoms with Crippen molar-refractivity contribution in [3.8, 4) is 0 Å². The van der Waals surface area contributed by atoms with Gasteiger partial charge in [0.05, 0.1) is 23.8 Å². The average molecular weight is 552 g/mol. The Morgan fingerprint density at radius 2 is 1.82 bits per heavy atom. The molecule has 3 heterocycles. The number of aromatic nitrogens is 2. The van der Waals surface area contributed by atoms with Crippen molar-refractivity contribution in [2.75, 3.05) is 24.3 Å². The van der Waals surface area contributed by atoms with Crippen LogP contribution in [0, 0.1) is 18.3 Å². The van der Waals surface area contributed by atoms with E-state index in [1.165, 1.54) is 11.8 Å². The van der Waals surface area contributed by atoms with Crippen molar-refractivity contribution in [2.24, 2.45) is 11.3 Å². The van der Waals surface area contributed by atoms with Crippen LogP contribution in [0.3, 0.4) is 0 Å². The lowest BCUT2D eigenvalue weighted by Crippen LogP contribution is -2.48. The maximum absolute atomic E-state index is 13.7. The number of carbonyl (C=O) groups excluding carboxylic acids is 1. The van der Waals surface area contributed by atoms with Crippen molar-refractivity contribution in [1.29, 1.82) is 0 Å². The summed E-state index contributed by atoms with van der Waals surface area (Å²) in [6.45, 7) is 10.2. The van der Waals surface area contributed by atoms with Gasteiger partial charge in [0, 0.05) is 37.5 Å². The van der Waals surface area contributed by atoms with Crippen LogP contribution < -0.4 is 10.2 Å². The van der Waals surface area contributed by atoms with Crippen LogP contribution in [0.5, 0.6) is 0 Å². The number of halogens is 3. The Kier molecular flexibility index (Phi) is 8.37. The highest BCUT2D eigenvalue weighted by Crippen LogP contribution is 2.50. The van der Waals surface area contributed by atoms with Gasteiger partial charge in [0.1, 0.15) is 17.7 Å². The van der Waals surface area contributed by atoms with Gasteiger partial charge < -0.3 is 20.1 Å². The van der Waals surface area contributed by atoms with Gasteiger partial charge in [-0.1, -0.05) is 26.8 Å². The van der Waals surface area contributed by atoms with Crippen molar-refractivity contribution < 1.29 is 32.6 Å². The summed E-state index contributed by atoms with van der Waals surface area (Å²) in [6, 6.07) is 2.03. The number of carboxylic acid groups (broad SMARTS) is 1. The highest BCUT2D eigenvalue weighted by Gasteiger charge is 2.59. The first-order valence-corrected chi connectivity index (χ1v) is 12.6. The van der Waals surface area contributed by atoms with Crippen LogP contribution in [-0.2, 0) is 15.7 Å². The number of carbonyl (C=O) groups is 2. The quantitative estimate of drug-likeness (QED) is 0.494. The number of anilines is 2. The van der Waals surface area contributed by atoms with Gasteiger partial charge in [0.2, 0.25) is 0 Å². The smallest absolute Gasteiger partial charge is 0.416 e. The van der Waals surface area contributed by atoms with Crippen LogP contribution in [0.15, 0.2) is 30.5 Å². The second-order valence-corrected chi connectivity index (χ2v) is 11.3. The Hall–Kier alpha value is -3.57. The summed E-state index contributed by atoms with van der Waals surface area (Å²) in [4.78, 5) is 38.0. The average Bonchev–Trinajstić information content (AvgIpc) is 3.13. The summed E-state index contributed by atoms with van der Waals surface area (Å²) >= 11 is 0. The van der Waals surface area contributed by atoms with Crippen LogP contribution in [-0.4, -0.2) is 64.3 Å². The number of hydrogen-bond acceptors (Lipinski definition) is 7. The minimum Gasteiger partial charge on any atom is -0.480 e. The summed E-state index contributed by atoms with van der Waals surface area (Å²) in [5.74, 6) is -1.63. The van der Waals surface area contributed by atoms with Crippen LogP contribution in [0.25, 0.3) is 0 Å². The van der Waals surface area contributed by atoms with E-state index in [1.807, 2.05) is 20.8 Å². The molecule has 0 aliphatic carbocycles. The fourth-order valence-electron chi connectivity index (χ4n) is 5.29. The number of likely N-dealkylation sites (tertiary alicyclic amines) is 1. The maximum atomic E-state index is 13.7. The first-order chi connectivity index (χ1) is 17.9. The van der Waals surface area contributed by atoms with E-state index < -0.39 is 59.4 Å². The van der Waals surface area contributed by atoms with Gasteiger partial charge in [-0.2, -0.15) is 13.2 Å². The molecule has 12 heteroatoms. The number of amides is 1. The van der Waals surface area contributed by atoms with Crippen LogP contribution in [0.1, 0.15) is 57.5 Å². The zero-order valence-corrected chi connectivity index (χ0v) is 23.4. The van der Waals surface area contributed by atoms with E-state index in [-0.39, 0.29) is 11.5 Å². The number of aryl methyl sites for hydroxylation is 1. The monoisotopic (exact) mass is 551 g/mol. The molecule has 0 bridgehead atoms. The van der Waals surface area contributed by atoms with Gasteiger partial charge in [-0.15, -0.1) is 0 Å². The molecule has 3 rings (SSSR count). The number of carboxylic acids is 1. The Bertz CT molecular complexity index is 1210. The number of rotatable bonds is 6. The molecule has 0 spiro atoms. The molecule has 0 saturated carbocycles. The molecule has 2 aromatic rings. The van der Waals surface area contributed by atoms with Crippen molar-refractivity contribution in [1.82, 2.24) is 14.9 Å². The fourth-order valence-corrected chi connectivity index (χ4v) is 5.29. The predicted molar refractivity (Wildman–Crippen MR) is 141 cm³/mol. The Morgan fingerprint density at radius 3 is 2.33 bits per heavy atom. The van der Waals surface area contributed by atoms with Crippen LogP contribution in [0.4, 0.5) is 29.6 Å². The molecule has 1 aliphatic heterocycles. The molecule has 1 saturated heterocycles. The first-order valence-electron chi connectivity index (χ1n) is 12.6. The topological polar surface area (TPSA) is 108 Å². The van der Waals surface area contributed by atoms with E-state index in [0.717, 1.165) is 12.1 Å². The first kappa shape index (κ1) is 30.0. The van der Waals surface area contributed by atoms with Crippen molar-refractivity contribution in [3.63, 3.8) is 0 Å². The Labute approximate surface area is 226 Å². The molecule has 2 aromatic heterocycles. The van der Waals surface area contributed by atoms with E-state index in [1.54, 1.807) is 51.2 Å². The van der Waals surface area contributed by atoms with E-state index in [2.05, 4.69) is 15.3 Å². The summed E-state index contributed by atoms with van der Waals surface area (Å²) in [5, 5.41) is 13.6. The van der Waals surface area contributed by atoms with Gasteiger partial charge in [-0.05, 0) is 44.4 Å². The molecule has 0 radical (unpaired) electrons. The lowest BCUT2D eigenvalue weighted by Gasteiger charge is -2.35. The zero-order valence-electron chi connectivity index (χ0n) is 23.4.